The average Bonchev–Trinajstić information content (AvgIpc) is 2.51. The van der Waals surface area contributed by atoms with Crippen molar-refractivity contribution in [1.29, 1.82) is 0 Å². The largest absolute Gasteiger partial charge is 0.479 e. The molecule has 0 aliphatic rings. The van der Waals surface area contributed by atoms with Gasteiger partial charge in [0.15, 0.2) is 0 Å². The number of benzene rings is 1. The van der Waals surface area contributed by atoms with E-state index in [9.17, 15) is 14.7 Å². The SMILES string of the molecule is CCCCC(O)(C(=O)O)C(=O)OCc1ccccc1N=[N+]=[N-]. The third kappa shape index (κ3) is 4.21. The van der Waals surface area contributed by atoms with Gasteiger partial charge in [0.2, 0.25) is 0 Å². The van der Waals surface area contributed by atoms with Crippen molar-refractivity contribution in [1.82, 2.24) is 0 Å². The third-order valence-corrected chi connectivity index (χ3v) is 3.09. The lowest BCUT2D eigenvalue weighted by atomic mass is 9.97. The lowest BCUT2D eigenvalue weighted by Crippen LogP contribution is -2.47. The monoisotopic (exact) mass is 307 g/mol. The zero-order chi connectivity index (χ0) is 16.6. The number of rotatable bonds is 8. The number of ether oxygens (including phenoxy) is 1. The molecule has 2 N–H and O–H groups in total. The van der Waals surface area contributed by atoms with Gasteiger partial charge in [-0.25, -0.2) is 9.59 Å². The number of aliphatic hydroxyl groups is 1. The maximum atomic E-state index is 11.9. The summed E-state index contributed by atoms with van der Waals surface area (Å²) in [6.07, 6.45) is 0.769. The molecule has 0 saturated carbocycles. The number of hydrogen-bond acceptors (Lipinski definition) is 5. The van der Waals surface area contributed by atoms with E-state index in [1.165, 1.54) is 6.07 Å². The van der Waals surface area contributed by atoms with Crippen molar-refractivity contribution >= 4 is 17.6 Å². The molecule has 22 heavy (non-hydrogen) atoms. The molecule has 0 heterocycles. The number of nitrogens with zero attached hydrogens (tertiary/aromatic N) is 3. The molecular weight excluding hydrogens is 290 g/mol. The van der Waals surface area contributed by atoms with E-state index in [1.54, 1.807) is 18.2 Å². The predicted octanol–water partition coefficient (Wildman–Crippen LogP) is 2.68. The Bertz CT molecular complexity index is 598. The molecule has 1 atom stereocenters. The van der Waals surface area contributed by atoms with Gasteiger partial charge in [0, 0.05) is 10.6 Å². The highest BCUT2D eigenvalue weighted by Gasteiger charge is 2.45. The number of carbonyl (C=O) groups excluding carboxylic acids is 1. The van der Waals surface area contributed by atoms with Crippen LogP contribution in [0.5, 0.6) is 0 Å². The Labute approximate surface area is 127 Å². The Morgan fingerprint density at radius 3 is 2.68 bits per heavy atom. The standard InChI is InChI=1S/C14H17N3O5/c1-2-3-8-14(21,12(18)19)13(20)22-9-10-6-4-5-7-11(10)16-17-15/h4-7,21H,2-3,8-9H2,1H3,(H,18,19). The average molecular weight is 307 g/mol. The fourth-order valence-corrected chi connectivity index (χ4v) is 1.77. The van der Waals surface area contributed by atoms with Gasteiger partial charge in [-0.05, 0) is 23.9 Å². The second kappa shape index (κ2) is 8.02. The van der Waals surface area contributed by atoms with E-state index in [4.69, 9.17) is 15.4 Å². The van der Waals surface area contributed by atoms with Gasteiger partial charge in [0.1, 0.15) is 6.61 Å². The molecule has 0 aliphatic heterocycles. The molecule has 118 valence electrons. The topological polar surface area (TPSA) is 133 Å². The van der Waals surface area contributed by atoms with Crippen LogP contribution in [0.2, 0.25) is 0 Å². The number of esters is 1. The zero-order valence-corrected chi connectivity index (χ0v) is 12.1. The van der Waals surface area contributed by atoms with Crippen LogP contribution in [0.3, 0.4) is 0 Å². The van der Waals surface area contributed by atoms with Crippen molar-refractivity contribution in [2.75, 3.05) is 0 Å². The summed E-state index contributed by atoms with van der Waals surface area (Å²) in [5.74, 6) is -2.88. The Morgan fingerprint density at radius 2 is 2.09 bits per heavy atom. The minimum atomic E-state index is -2.57. The molecule has 8 heteroatoms. The van der Waals surface area contributed by atoms with Crippen molar-refractivity contribution in [2.45, 2.75) is 38.4 Å². The van der Waals surface area contributed by atoms with Crippen molar-refractivity contribution in [2.24, 2.45) is 5.11 Å². The molecule has 1 aromatic rings. The molecule has 0 fully saturated rings. The number of unbranched alkanes of at least 4 members (excludes halogenated alkanes) is 1. The van der Waals surface area contributed by atoms with Crippen LogP contribution in [0.15, 0.2) is 29.4 Å². The quantitative estimate of drug-likeness (QED) is 0.250. The van der Waals surface area contributed by atoms with Crippen LogP contribution in [0.4, 0.5) is 5.69 Å². The molecule has 0 amide bonds. The fraction of sp³-hybridized carbons (Fsp3) is 0.429. The summed E-state index contributed by atoms with van der Waals surface area (Å²) in [6.45, 7) is 1.51. The van der Waals surface area contributed by atoms with E-state index in [0.29, 0.717) is 18.4 Å². The molecule has 8 nitrogen and oxygen atoms in total. The van der Waals surface area contributed by atoms with E-state index >= 15 is 0 Å². The first kappa shape index (κ1) is 17.5. The lowest BCUT2D eigenvalue weighted by molar-refractivity contribution is -0.181. The maximum absolute atomic E-state index is 11.9. The fourth-order valence-electron chi connectivity index (χ4n) is 1.77. The van der Waals surface area contributed by atoms with Crippen LogP contribution < -0.4 is 0 Å². The summed E-state index contributed by atoms with van der Waals surface area (Å²) in [6, 6.07) is 6.40. The Hall–Kier alpha value is -2.57. The number of carbonyl (C=O) groups is 2. The lowest BCUT2D eigenvalue weighted by Gasteiger charge is -2.21. The second-order valence-electron chi connectivity index (χ2n) is 4.66. The van der Waals surface area contributed by atoms with Crippen LogP contribution in [0.1, 0.15) is 31.7 Å². The molecule has 0 aliphatic carbocycles. The van der Waals surface area contributed by atoms with Crippen LogP contribution in [-0.4, -0.2) is 27.8 Å². The van der Waals surface area contributed by atoms with Crippen LogP contribution in [-0.2, 0) is 20.9 Å². The van der Waals surface area contributed by atoms with E-state index in [2.05, 4.69) is 10.0 Å². The van der Waals surface area contributed by atoms with E-state index in [0.717, 1.165) is 0 Å². The van der Waals surface area contributed by atoms with E-state index in [-0.39, 0.29) is 18.7 Å². The number of azide groups is 1. The summed E-state index contributed by atoms with van der Waals surface area (Å²) in [4.78, 5) is 25.7. The smallest absolute Gasteiger partial charge is 0.350 e. The molecule has 1 unspecified atom stereocenters. The first-order chi connectivity index (χ1) is 10.5. The minimum absolute atomic E-state index is 0.227. The Balaban J connectivity index is 2.84. The molecule has 1 rings (SSSR count). The van der Waals surface area contributed by atoms with Gasteiger partial charge in [-0.3, -0.25) is 0 Å². The molecular formula is C14H17N3O5. The molecule has 0 saturated heterocycles. The molecule has 0 bridgehead atoms. The predicted molar refractivity (Wildman–Crippen MR) is 77.2 cm³/mol. The normalized spacial score (nSPS) is 12.8. The molecule has 1 aromatic carbocycles. The van der Waals surface area contributed by atoms with Crippen LogP contribution >= 0.6 is 0 Å². The first-order valence-electron chi connectivity index (χ1n) is 6.71. The van der Waals surface area contributed by atoms with Crippen molar-refractivity contribution in [3.63, 3.8) is 0 Å². The van der Waals surface area contributed by atoms with Crippen molar-refractivity contribution in [3.8, 4) is 0 Å². The highest BCUT2D eigenvalue weighted by molar-refractivity contribution is 6.02. The van der Waals surface area contributed by atoms with Gasteiger partial charge in [-0.15, -0.1) is 0 Å². The van der Waals surface area contributed by atoms with E-state index in [1.807, 2.05) is 6.92 Å². The molecule has 0 spiro atoms. The zero-order valence-electron chi connectivity index (χ0n) is 12.1. The van der Waals surface area contributed by atoms with Gasteiger partial charge < -0.3 is 14.9 Å². The number of hydrogen-bond donors (Lipinski definition) is 2. The number of carboxylic acids is 1. The second-order valence-corrected chi connectivity index (χ2v) is 4.66. The Kier molecular flexibility index (Phi) is 6.37. The molecule has 0 aromatic heterocycles. The van der Waals surface area contributed by atoms with Crippen molar-refractivity contribution < 1.29 is 24.5 Å². The van der Waals surface area contributed by atoms with Gasteiger partial charge in [-0.1, -0.05) is 42.7 Å². The van der Waals surface area contributed by atoms with Gasteiger partial charge in [0.25, 0.3) is 5.60 Å². The first-order valence-corrected chi connectivity index (χ1v) is 6.71. The number of carboxylic acid groups (broad SMARTS) is 1. The molecule has 0 radical (unpaired) electrons. The Morgan fingerprint density at radius 1 is 1.41 bits per heavy atom. The highest BCUT2D eigenvalue weighted by Crippen LogP contribution is 2.22. The summed E-state index contributed by atoms with van der Waals surface area (Å²) < 4.78 is 4.89. The summed E-state index contributed by atoms with van der Waals surface area (Å²) in [7, 11) is 0. The van der Waals surface area contributed by atoms with Crippen LogP contribution in [0.25, 0.3) is 10.4 Å². The van der Waals surface area contributed by atoms with Gasteiger partial charge in [0.05, 0.1) is 0 Å². The van der Waals surface area contributed by atoms with Crippen molar-refractivity contribution in [3.05, 3.63) is 40.3 Å². The minimum Gasteiger partial charge on any atom is -0.479 e. The van der Waals surface area contributed by atoms with Gasteiger partial charge >= 0.3 is 11.9 Å². The highest BCUT2D eigenvalue weighted by atomic mass is 16.6. The maximum Gasteiger partial charge on any atom is 0.350 e. The summed E-state index contributed by atoms with van der Waals surface area (Å²) in [5.41, 5.74) is 6.57. The van der Waals surface area contributed by atoms with Crippen LogP contribution in [0, 0.1) is 0 Å². The third-order valence-electron chi connectivity index (χ3n) is 3.09. The van der Waals surface area contributed by atoms with E-state index < -0.39 is 17.5 Å². The number of aliphatic carboxylic acids is 1. The summed E-state index contributed by atoms with van der Waals surface area (Å²) >= 11 is 0. The summed E-state index contributed by atoms with van der Waals surface area (Å²) in [5, 5.41) is 22.5. The van der Waals surface area contributed by atoms with Gasteiger partial charge in [-0.2, -0.15) is 0 Å².